The molecule has 0 fully saturated rings. The monoisotopic (exact) mass is 245 g/mol. The molecule has 2 aromatic rings. The lowest BCUT2D eigenvalue weighted by Gasteiger charge is -2.09. The topological polar surface area (TPSA) is 45.2 Å². The minimum atomic E-state index is 0.0663. The fourth-order valence-corrected chi connectivity index (χ4v) is 1.91. The van der Waals surface area contributed by atoms with Crippen LogP contribution in [0.15, 0.2) is 30.3 Å². The first-order valence-electron chi connectivity index (χ1n) is 6.16. The van der Waals surface area contributed by atoms with Crippen LogP contribution in [0.5, 0.6) is 5.75 Å². The summed E-state index contributed by atoms with van der Waals surface area (Å²) in [6, 6.07) is 9.94. The molecule has 2 rings (SSSR count). The van der Waals surface area contributed by atoms with Gasteiger partial charge in [0.1, 0.15) is 5.75 Å². The highest BCUT2D eigenvalue weighted by Gasteiger charge is 2.06. The molecule has 3 nitrogen and oxygen atoms in total. The van der Waals surface area contributed by atoms with Crippen LogP contribution in [0.3, 0.4) is 0 Å². The zero-order chi connectivity index (χ0) is 13.1. The van der Waals surface area contributed by atoms with E-state index in [0.717, 1.165) is 28.3 Å². The Morgan fingerprint density at radius 2 is 1.89 bits per heavy atom. The van der Waals surface area contributed by atoms with Gasteiger partial charge in [-0.3, -0.25) is 0 Å². The molecule has 0 aliphatic rings. The van der Waals surface area contributed by atoms with Crippen molar-refractivity contribution in [3.8, 4) is 17.0 Å². The molecule has 0 spiro atoms. The number of aromatic nitrogens is 1. The van der Waals surface area contributed by atoms with E-state index in [1.807, 2.05) is 51.1 Å². The Morgan fingerprint density at radius 3 is 2.39 bits per heavy atom. The molecule has 3 heteroatoms. The number of aliphatic hydroxyl groups is 1. The average molecular weight is 245 g/mol. The van der Waals surface area contributed by atoms with Gasteiger partial charge in [0.05, 0.1) is 12.7 Å². The number of H-pyrrole nitrogens is 1. The van der Waals surface area contributed by atoms with E-state index in [-0.39, 0.29) is 12.7 Å². The van der Waals surface area contributed by atoms with E-state index in [1.165, 1.54) is 0 Å². The molecule has 1 heterocycles. The molecule has 0 bridgehead atoms. The Kier molecular flexibility index (Phi) is 3.72. The molecule has 0 saturated carbocycles. The predicted molar refractivity (Wildman–Crippen MR) is 72.7 cm³/mol. The second-order valence-electron chi connectivity index (χ2n) is 4.68. The fraction of sp³-hybridized carbons (Fsp3) is 0.333. The molecule has 2 N–H and O–H groups in total. The Labute approximate surface area is 107 Å². The molecular formula is C15H19NO2. The molecule has 0 amide bonds. The van der Waals surface area contributed by atoms with Crippen molar-refractivity contribution in [3.05, 3.63) is 41.6 Å². The lowest BCUT2D eigenvalue weighted by Crippen LogP contribution is -2.05. The maximum absolute atomic E-state index is 9.18. The van der Waals surface area contributed by atoms with Crippen molar-refractivity contribution in [2.24, 2.45) is 0 Å². The molecular weight excluding hydrogens is 226 g/mol. The van der Waals surface area contributed by atoms with Crippen molar-refractivity contribution < 1.29 is 9.84 Å². The van der Waals surface area contributed by atoms with Crippen molar-refractivity contribution in [1.82, 2.24) is 4.98 Å². The Balaban J connectivity index is 2.22. The van der Waals surface area contributed by atoms with Gasteiger partial charge in [-0.05, 0) is 62.2 Å². The van der Waals surface area contributed by atoms with E-state index >= 15 is 0 Å². The summed E-state index contributed by atoms with van der Waals surface area (Å²) < 4.78 is 5.60. The first-order valence-corrected chi connectivity index (χ1v) is 6.16. The van der Waals surface area contributed by atoms with Gasteiger partial charge in [-0.2, -0.15) is 0 Å². The predicted octanol–water partition coefficient (Wildman–Crippen LogP) is 3.27. The lowest BCUT2D eigenvalue weighted by atomic mass is 10.1. The van der Waals surface area contributed by atoms with Crippen molar-refractivity contribution in [3.63, 3.8) is 0 Å². The summed E-state index contributed by atoms with van der Waals surface area (Å²) in [5, 5.41) is 9.18. The molecule has 0 unspecified atom stereocenters. The Bertz CT molecular complexity index is 512. The van der Waals surface area contributed by atoms with Crippen molar-refractivity contribution >= 4 is 0 Å². The summed E-state index contributed by atoms with van der Waals surface area (Å²) in [6.07, 6.45) is 0.185. The summed E-state index contributed by atoms with van der Waals surface area (Å²) in [6.45, 7) is 6.05. The van der Waals surface area contributed by atoms with Gasteiger partial charge in [0, 0.05) is 11.4 Å². The normalized spacial score (nSPS) is 10.9. The van der Waals surface area contributed by atoms with E-state index in [9.17, 15) is 5.11 Å². The maximum atomic E-state index is 9.18. The van der Waals surface area contributed by atoms with Crippen LogP contribution in [-0.2, 0) is 6.61 Å². The molecule has 0 saturated heterocycles. The third kappa shape index (κ3) is 2.74. The summed E-state index contributed by atoms with van der Waals surface area (Å²) >= 11 is 0. The average Bonchev–Trinajstić information content (AvgIpc) is 2.71. The smallest absolute Gasteiger partial charge is 0.119 e. The number of aromatic amines is 1. The highest BCUT2D eigenvalue weighted by molar-refractivity contribution is 5.62. The largest absolute Gasteiger partial charge is 0.491 e. The van der Waals surface area contributed by atoms with E-state index in [1.54, 1.807) is 0 Å². The third-order valence-electron chi connectivity index (χ3n) is 2.83. The number of hydrogen-bond acceptors (Lipinski definition) is 2. The minimum Gasteiger partial charge on any atom is -0.491 e. The molecule has 96 valence electrons. The molecule has 0 aliphatic heterocycles. The van der Waals surface area contributed by atoms with Gasteiger partial charge in [0.2, 0.25) is 0 Å². The fourth-order valence-electron chi connectivity index (χ4n) is 1.91. The van der Waals surface area contributed by atoms with Gasteiger partial charge in [-0.25, -0.2) is 0 Å². The van der Waals surface area contributed by atoms with Gasteiger partial charge < -0.3 is 14.8 Å². The Morgan fingerprint density at radius 1 is 1.22 bits per heavy atom. The number of hydrogen-bond donors (Lipinski definition) is 2. The van der Waals surface area contributed by atoms with Gasteiger partial charge >= 0.3 is 0 Å². The van der Waals surface area contributed by atoms with Gasteiger partial charge in [0.15, 0.2) is 0 Å². The zero-order valence-electron chi connectivity index (χ0n) is 11.0. The molecule has 0 aliphatic carbocycles. The van der Waals surface area contributed by atoms with Crippen molar-refractivity contribution in [1.29, 1.82) is 0 Å². The standard InChI is InChI=1S/C15H19NO2/c1-10(2)18-14-6-4-12(5-7-14)15-8-13(9-17)11(3)16-15/h4-8,10,16-17H,9H2,1-3H3. The minimum absolute atomic E-state index is 0.0663. The second kappa shape index (κ2) is 5.27. The van der Waals surface area contributed by atoms with Crippen LogP contribution in [0.2, 0.25) is 0 Å². The number of aryl methyl sites for hydroxylation is 1. The van der Waals surface area contributed by atoms with Crippen molar-refractivity contribution in [2.45, 2.75) is 33.5 Å². The number of aliphatic hydroxyl groups excluding tert-OH is 1. The van der Waals surface area contributed by atoms with Crippen LogP contribution in [0, 0.1) is 6.92 Å². The molecule has 1 aromatic carbocycles. The Hall–Kier alpha value is -1.74. The summed E-state index contributed by atoms with van der Waals surface area (Å²) in [4.78, 5) is 3.27. The quantitative estimate of drug-likeness (QED) is 0.868. The van der Waals surface area contributed by atoms with Crippen LogP contribution in [-0.4, -0.2) is 16.2 Å². The third-order valence-corrected chi connectivity index (χ3v) is 2.83. The molecule has 1 aromatic heterocycles. The van der Waals surface area contributed by atoms with Crippen LogP contribution >= 0.6 is 0 Å². The summed E-state index contributed by atoms with van der Waals surface area (Å²) in [5.41, 5.74) is 4.06. The molecule has 0 atom stereocenters. The number of rotatable bonds is 4. The molecule has 0 radical (unpaired) electrons. The van der Waals surface area contributed by atoms with Crippen molar-refractivity contribution in [2.75, 3.05) is 0 Å². The summed E-state index contributed by atoms with van der Waals surface area (Å²) in [7, 11) is 0. The van der Waals surface area contributed by atoms with Crippen LogP contribution in [0.25, 0.3) is 11.3 Å². The van der Waals surface area contributed by atoms with E-state index < -0.39 is 0 Å². The first kappa shape index (κ1) is 12.7. The lowest BCUT2D eigenvalue weighted by molar-refractivity contribution is 0.242. The van der Waals surface area contributed by atoms with Crippen LogP contribution in [0.1, 0.15) is 25.1 Å². The van der Waals surface area contributed by atoms with Gasteiger partial charge in [-0.1, -0.05) is 0 Å². The van der Waals surface area contributed by atoms with Crippen LogP contribution in [0.4, 0.5) is 0 Å². The maximum Gasteiger partial charge on any atom is 0.119 e. The number of nitrogens with one attached hydrogen (secondary N) is 1. The summed E-state index contributed by atoms with van der Waals surface area (Å²) in [5.74, 6) is 0.874. The SMILES string of the molecule is Cc1[nH]c(-c2ccc(OC(C)C)cc2)cc1CO. The van der Waals surface area contributed by atoms with E-state index in [2.05, 4.69) is 4.98 Å². The second-order valence-corrected chi connectivity index (χ2v) is 4.68. The first-order chi connectivity index (χ1) is 8.60. The number of benzene rings is 1. The van der Waals surface area contributed by atoms with Gasteiger partial charge in [-0.15, -0.1) is 0 Å². The van der Waals surface area contributed by atoms with Gasteiger partial charge in [0.25, 0.3) is 0 Å². The number of ether oxygens (including phenoxy) is 1. The van der Waals surface area contributed by atoms with Crippen LogP contribution < -0.4 is 4.74 Å². The highest BCUT2D eigenvalue weighted by Crippen LogP contribution is 2.24. The van der Waals surface area contributed by atoms with E-state index in [0.29, 0.717) is 0 Å². The van der Waals surface area contributed by atoms with E-state index in [4.69, 9.17) is 4.74 Å². The molecule has 18 heavy (non-hydrogen) atoms. The zero-order valence-corrected chi connectivity index (χ0v) is 11.0. The highest BCUT2D eigenvalue weighted by atomic mass is 16.5.